The van der Waals surface area contributed by atoms with Crippen molar-refractivity contribution in [2.24, 2.45) is 0 Å². The van der Waals surface area contributed by atoms with Crippen molar-refractivity contribution < 1.29 is 13.2 Å². The van der Waals surface area contributed by atoms with Crippen LogP contribution in [0.2, 0.25) is 5.02 Å². The van der Waals surface area contributed by atoms with Gasteiger partial charge in [0.15, 0.2) is 9.84 Å². The van der Waals surface area contributed by atoms with E-state index in [2.05, 4.69) is 5.32 Å². The van der Waals surface area contributed by atoms with E-state index < -0.39 is 9.84 Å². The highest BCUT2D eigenvalue weighted by molar-refractivity contribution is 7.91. The first-order chi connectivity index (χ1) is 10.3. The summed E-state index contributed by atoms with van der Waals surface area (Å²) in [5, 5.41) is 3.51. The minimum Gasteiger partial charge on any atom is -0.351 e. The molecule has 2 atom stereocenters. The number of nitrogens with zero attached hydrogens (tertiary/aromatic N) is 1. The van der Waals surface area contributed by atoms with Gasteiger partial charge < -0.3 is 5.32 Å². The quantitative estimate of drug-likeness (QED) is 0.878. The minimum atomic E-state index is -2.98. The average Bonchev–Trinajstić information content (AvgIpc) is 2.79. The largest absolute Gasteiger partial charge is 0.351 e. The first-order valence-corrected chi connectivity index (χ1v) is 9.42. The van der Waals surface area contributed by atoms with Gasteiger partial charge in [0.1, 0.15) is 0 Å². The van der Waals surface area contributed by atoms with Crippen LogP contribution in [0.1, 0.15) is 18.9 Å². The van der Waals surface area contributed by atoms with Gasteiger partial charge >= 0.3 is 0 Å². The van der Waals surface area contributed by atoms with Crippen LogP contribution in [0.15, 0.2) is 24.3 Å². The minimum absolute atomic E-state index is 0.0480. The molecule has 5 nitrogen and oxygen atoms in total. The van der Waals surface area contributed by atoms with E-state index in [4.69, 9.17) is 11.6 Å². The van der Waals surface area contributed by atoms with Crippen LogP contribution in [0.4, 0.5) is 0 Å². The maximum absolute atomic E-state index is 12.2. The third kappa shape index (κ3) is 4.69. The maximum Gasteiger partial charge on any atom is 0.237 e. The Morgan fingerprint density at radius 1 is 1.41 bits per heavy atom. The van der Waals surface area contributed by atoms with Gasteiger partial charge in [0.25, 0.3) is 0 Å². The monoisotopic (exact) mass is 344 g/mol. The molecule has 0 saturated carbocycles. The zero-order valence-electron chi connectivity index (χ0n) is 12.8. The number of hydrogen-bond acceptors (Lipinski definition) is 4. The van der Waals surface area contributed by atoms with Gasteiger partial charge in [-0.15, -0.1) is 0 Å². The predicted molar refractivity (Wildman–Crippen MR) is 87.6 cm³/mol. The molecule has 0 bridgehead atoms. The molecule has 1 aromatic carbocycles. The molecule has 0 spiro atoms. The fraction of sp³-hybridized carbons (Fsp3) is 0.533. The first kappa shape index (κ1) is 17.2. The second-order valence-corrected chi connectivity index (χ2v) is 8.49. The summed E-state index contributed by atoms with van der Waals surface area (Å²) in [4.78, 5) is 14.1. The summed E-state index contributed by atoms with van der Waals surface area (Å²) in [5.74, 6) is 0.0674. The van der Waals surface area contributed by atoms with E-state index in [-0.39, 0.29) is 29.5 Å². The fourth-order valence-corrected chi connectivity index (χ4v) is 4.24. The van der Waals surface area contributed by atoms with Crippen molar-refractivity contribution in [3.63, 3.8) is 0 Å². The molecule has 0 aromatic heterocycles. The molecular formula is C15H21ClN2O3S. The van der Waals surface area contributed by atoms with Crippen molar-refractivity contribution in [2.75, 3.05) is 18.6 Å². The zero-order valence-corrected chi connectivity index (χ0v) is 14.3. The number of amides is 1. The number of rotatable bonds is 5. The van der Waals surface area contributed by atoms with Gasteiger partial charge in [0.2, 0.25) is 5.91 Å². The highest BCUT2D eigenvalue weighted by atomic mass is 35.5. The van der Waals surface area contributed by atoms with Crippen molar-refractivity contribution >= 4 is 27.3 Å². The Morgan fingerprint density at radius 2 is 2.05 bits per heavy atom. The highest BCUT2D eigenvalue weighted by Crippen LogP contribution is 2.14. The molecule has 0 aliphatic carbocycles. The van der Waals surface area contributed by atoms with Crippen molar-refractivity contribution in [1.29, 1.82) is 0 Å². The molecule has 1 aliphatic rings. The molecule has 1 aromatic rings. The van der Waals surface area contributed by atoms with Gasteiger partial charge in [-0.2, -0.15) is 0 Å². The van der Waals surface area contributed by atoms with Crippen LogP contribution in [-0.4, -0.2) is 49.9 Å². The molecule has 7 heteroatoms. The Balaban J connectivity index is 1.88. The molecule has 1 heterocycles. The van der Waals surface area contributed by atoms with Crippen molar-refractivity contribution in [1.82, 2.24) is 10.2 Å². The average molecular weight is 345 g/mol. The molecular weight excluding hydrogens is 324 g/mol. The van der Waals surface area contributed by atoms with Gasteiger partial charge in [-0.1, -0.05) is 23.7 Å². The number of hydrogen-bond donors (Lipinski definition) is 1. The fourth-order valence-electron chi connectivity index (χ4n) is 2.45. The summed E-state index contributed by atoms with van der Waals surface area (Å²) in [7, 11) is -1.12. The molecule has 1 aliphatic heterocycles. The molecule has 122 valence electrons. The summed E-state index contributed by atoms with van der Waals surface area (Å²) < 4.78 is 22.8. The van der Waals surface area contributed by atoms with Gasteiger partial charge in [0.05, 0.1) is 17.5 Å². The second-order valence-electron chi connectivity index (χ2n) is 5.83. The third-order valence-corrected chi connectivity index (χ3v) is 5.98. The molecule has 1 N–H and O–H groups in total. The van der Waals surface area contributed by atoms with E-state index in [0.29, 0.717) is 18.0 Å². The van der Waals surface area contributed by atoms with Crippen LogP contribution in [0.3, 0.4) is 0 Å². The molecule has 2 rings (SSSR count). The maximum atomic E-state index is 12.2. The van der Waals surface area contributed by atoms with Crippen LogP contribution >= 0.6 is 11.6 Å². The zero-order chi connectivity index (χ0) is 16.3. The second kappa shape index (κ2) is 6.98. The molecule has 1 fully saturated rings. The third-order valence-electron chi connectivity index (χ3n) is 3.96. The number of carbonyl (C=O) groups is 1. The Morgan fingerprint density at radius 3 is 2.59 bits per heavy atom. The van der Waals surface area contributed by atoms with Gasteiger partial charge in [-0.25, -0.2) is 8.42 Å². The first-order valence-electron chi connectivity index (χ1n) is 7.22. The Hall–Kier alpha value is -1.11. The van der Waals surface area contributed by atoms with Gasteiger partial charge in [-0.05, 0) is 38.1 Å². The van der Waals surface area contributed by atoms with E-state index in [1.54, 1.807) is 0 Å². The van der Waals surface area contributed by atoms with E-state index in [9.17, 15) is 13.2 Å². The van der Waals surface area contributed by atoms with Crippen LogP contribution in [0.25, 0.3) is 0 Å². The van der Waals surface area contributed by atoms with E-state index in [1.165, 1.54) is 0 Å². The lowest BCUT2D eigenvalue weighted by molar-refractivity contribution is -0.126. The number of sulfone groups is 1. The molecule has 0 unspecified atom stereocenters. The number of nitrogens with one attached hydrogen (secondary N) is 1. The normalized spacial score (nSPS) is 21.7. The lowest BCUT2D eigenvalue weighted by atomic mass is 10.1. The van der Waals surface area contributed by atoms with Crippen molar-refractivity contribution in [3.05, 3.63) is 34.9 Å². The molecule has 22 heavy (non-hydrogen) atoms. The number of halogens is 1. The van der Waals surface area contributed by atoms with Crippen LogP contribution < -0.4 is 5.32 Å². The van der Waals surface area contributed by atoms with Gasteiger partial charge in [0, 0.05) is 17.6 Å². The summed E-state index contributed by atoms with van der Waals surface area (Å²) in [6.07, 6.45) is 0.502. The number of carbonyl (C=O) groups excluding carboxylic acids is 1. The molecule has 1 saturated heterocycles. The van der Waals surface area contributed by atoms with E-state index >= 15 is 0 Å². The number of benzene rings is 1. The van der Waals surface area contributed by atoms with Crippen molar-refractivity contribution in [2.45, 2.75) is 32.0 Å². The molecule has 0 radical (unpaired) electrons. The lowest BCUT2D eigenvalue weighted by Gasteiger charge is -2.25. The van der Waals surface area contributed by atoms with Crippen LogP contribution in [-0.2, 0) is 21.2 Å². The Kier molecular flexibility index (Phi) is 5.47. The topological polar surface area (TPSA) is 66.5 Å². The Bertz CT molecular complexity index is 631. The summed E-state index contributed by atoms with van der Waals surface area (Å²) >= 11 is 5.85. The summed E-state index contributed by atoms with van der Waals surface area (Å²) in [5.41, 5.74) is 1.06. The Labute approximate surface area is 136 Å². The summed E-state index contributed by atoms with van der Waals surface area (Å²) in [6.45, 7) is 2.43. The highest BCUT2D eigenvalue weighted by Gasteiger charge is 2.30. The molecule has 1 amide bonds. The van der Waals surface area contributed by atoms with Crippen LogP contribution in [0, 0.1) is 0 Å². The van der Waals surface area contributed by atoms with Crippen LogP contribution in [0.5, 0.6) is 0 Å². The van der Waals surface area contributed by atoms with Crippen molar-refractivity contribution in [3.8, 4) is 0 Å². The predicted octanol–water partition coefficient (Wildman–Crippen LogP) is 1.46. The lowest BCUT2D eigenvalue weighted by Crippen LogP contribution is -2.47. The van der Waals surface area contributed by atoms with E-state index in [0.717, 1.165) is 5.56 Å². The van der Waals surface area contributed by atoms with E-state index in [1.807, 2.05) is 43.1 Å². The SMILES string of the molecule is C[C@H](C(=O)N[C@@H]1CCS(=O)(=O)C1)N(C)Cc1ccc(Cl)cc1. The summed E-state index contributed by atoms with van der Waals surface area (Å²) in [6, 6.07) is 6.89. The van der Waals surface area contributed by atoms with Gasteiger partial charge in [-0.3, -0.25) is 9.69 Å². The standard InChI is InChI=1S/C15H21ClN2O3S/c1-11(15(19)17-14-7-8-22(20,21)10-14)18(2)9-12-3-5-13(16)6-4-12/h3-6,11,14H,7-10H2,1-2H3,(H,17,19)/t11-,14-/m1/s1. The number of likely N-dealkylation sites (N-methyl/N-ethyl adjacent to an activating group) is 1. The smallest absolute Gasteiger partial charge is 0.237 e.